The molecule has 0 bridgehead atoms. The third-order valence-corrected chi connectivity index (χ3v) is 4.31. The molecule has 0 aromatic carbocycles. The Labute approximate surface area is 97.4 Å². The van der Waals surface area contributed by atoms with E-state index in [1.807, 2.05) is 4.90 Å². The van der Waals surface area contributed by atoms with Gasteiger partial charge in [-0.3, -0.25) is 4.79 Å². The fraction of sp³-hybridized carbons (Fsp3) is 0.846. The van der Waals surface area contributed by atoms with Crippen LogP contribution in [-0.4, -0.2) is 23.9 Å². The molecule has 0 aromatic heterocycles. The van der Waals surface area contributed by atoms with Gasteiger partial charge in [0.2, 0.25) is 5.91 Å². The fourth-order valence-corrected chi connectivity index (χ4v) is 2.75. The summed E-state index contributed by atoms with van der Waals surface area (Å²) in [4.78, 5) is 14.2. The first-order valence-corrected chi connectivity index (χ1v) is 6.42. The monoisotopic (exact) mass is 220 g/mol. The minimum absolute atomic E-state index is 0.107. The van der Waals surface area contributed by atoms with Crippen LogP contribution in [0.25, 0.3) is 0 Å². The predicted molar refractivity (Wildman–Crippen MR) is 61.5 cm³/mol. The van der Waals surface area contributed by atoms with Crippen LogP contribution in [0.3, 0.4) is 0 Å². The standard InChI is InChI=1S/C13H20N2O/c1-2-11-4-8-15(9-5-11)12(16)13(10-14)6-3-7-13/h11H,2-9H2,1H3. The molecule has 1 aliphatic heterocycles. The number of piperidine rings is 1. The van der Waals surface area contributed by atoms with Gasteiger partial charge in [0.05, 0.1) is 6.07 Å². The van der Waals surface area contributed by atoms with E-state index in [0.29, 0.717) is 0 Å². The van der Waals surface area contributed by atoms with E-state index in [-0.39, 0.29) is 5.91 Å². The lowest BCUT2D eigenvalue weighted by molar-refractivity contribution is -0.144. The van der Waals surface area contributed by atoms with E-state index >= 15 is 0 Å². The molecule has 0 radical (unpaired) electrons. The predicted octanol–water partition coefficient (Wildman–Crippen LogP) is 2.33. The number of nitriles is 1. The lowest BCUT2D eigenvalue weighted by Crippen LogP contribution is -2.49. The van der Waals surface area contributed by atoms with Gasteiger partial charge >= 0.3 is 0 Å². The molecular formula is C13H20N2O. The Bertz CT molecular complexity index is 306. The van der Waals surface area contributed by atoms with Crippen molar-refractivity contribution < 1.29 is 4.79 Å². The van der Waals surface area contributed by atoms with E-state index in [1.54, 1.807) is 0 Å². The van der Waals surface area contributed by atoms with Crippen LogP contribution >= 0.6 is 0 Å². The molecular weight excluding hydrogens is 200 g/mol. The Morgan fingerprint density at radius 2 is 2.06 bits per heavy atom. The number of likely N-dealkylation sites (tertiary alicyclic amines) is 1. The van der Waals surface area contributed by atoms with Crippen molar-refractivity contribution in [3.05, 3.63) is 0 Å². The smallest absolute Gasteiger partial charge is 0.243 e. The Kier molecular flexibility index (Phi) is 3.18. The second-order valence-electron chi connectivity index (χ2n) is 5.19. The first kappa shape index (κ1) is 11.4. The molecule has 0 unspecified atom stereocenters. The molecule has 1 amide bonds. The van der Waals surface area contributed by atoms with E-state index in [4.69, 9.17) is 5.26 Å². The zero-order chi connectivity index (χ0) is 11.6. The molecule has 0 N–H and O–H groups in total. The maximum absolute atomic E-state index is 12.2. The Morgan fingerprint density at radius 1 is 1.44 bits per heavy atom. The second kappa shape index (κ2) is 4.45. The quantitative estimate of drug-likeness (QED) is 0.717. The molecule has 1 heterocycles. The van der Waals surface area contributed by atoms with Crippen LogP contribution in [0.4, 0.5) is 0 Å². The third kappa shape index (κ3) is 1.81. The van der Waals surface area contributed by atoms with Gasteiger partial charge < -0.3 is 4.90 Å². The van der Waals surface area contributed by atoms with Gasteiger partial charge in [0.1, 0.15) is 5.41 Å². The van der Waals surface area contributed by atoms with Gasteiger partial charge in [-0.2, -0.15) is 5.26 Å². The van der Waals surface area contributed by atoms with Crippen LogP contribution in [0.15, 0.2) is 0 Å². The number of hydrogen-bond donors (Lipinski definition) is 0. The topological polar surface area (TPSA) is 44.1 Å². The molecule has 3 heteroatoms. The summed E-state index contributed by atoms with van der Waals surface area (Å²) < 4.78 is 0. The largest absolute Gasteiger partial charge is 0.341 e. The van der Waals surface area contributed by atoms with Crippen LogP contribution in [0.5, 0.6) is 0 Å². The van der Waals surface area contributed by atoms with Gasteiger partial charge in [0.15, 0.2) is 0 Å². The van der Waals surface area contributed by atoms with Gasteiger partial charge in [-0.15, -0.1) is 0 Å². The molecule has 1 saturated carbocycles. The van der Waals surface area contributed by atoms with Gasteiger partial charge in [0.25, 0.3) is 0 Å². The van der Waals surface area contributed by atoms with Crippen LogP contribution in [0.1, 0.15) is 45.4 Å². The van der Waals surface area contributed by atoms with E-state index < -0.39 is 5.41 Å². The molecule has 0 aromatic rings. The molecule has 88 valence electrons. The number of carbonyl (C=O) groups excluding carboxylic acids is 1. The summed E-state index contributed by atoms with van der Waals surface area (Å²) in [5, 5.41) is 9.14. The average Bonchev–Trinajstić information content (AvgIpc) is 2.28. The highest BCUT2D eigenvalue weighted by Crippen LogP contribution is 2.42. The second-order valence-corrected chi connectivity index (χ2v) is 5.19. The van der Waals surface area contributed by atoms with Gasteiger partial charge in [-0.1, -0.05) is 13.3 Å². The average molecular weight is 220 g/mol. The summed E-state index contributed by atoms with van der Waals surface area (Å²) in [6.45, 7) is 3.94. The molecule has 2 aliphatic rings. The molecule has 3 nitrogen and oxygen atoms in total. The van der Waals surface area contributed by atoms with Crippen molar-refractivity contribution in [2.45, 2.75) is 45.4 Å². The maximum atomic E-state index is 12.2. The number of carbonyl (C=O) groups is 1. The normalized spacial score (nSPS) is 24.6. The fourth-order valence-electron chi connectivity index (χ4n) is 2.75. The number of rotatable bonds is 2. The van der Waals surface area contributed by atoms with Gasteiger partial charge in [-0.25, -0.2) is 0 Å². The maximum Gasteiger partial charge on any atom is 0.243 e. The molecule has 16 heavy (non-hydrogen) atoms. The van der Waals surface area contributed by atoms with Crippen LogP contribution in [0.2, 0.25) is 0 Å². The van der Waals surface area contributed by atoms with E-state index in [2.05, 4.69) is 13.0 Å². The van der Waals surface area contributed by atoms with E-state index in [1.165, 1.54) is 6.42 Å². The zero-order valence-corrected chi connectivity index (χ0v) is 10.0. The highest BCUT2D eigenvalue weighted by atomic mass is 16.2. The van der Waals surface area contributed by atoms with E-state index in [9.17, 15) is 4.79 Å². The van der Waals surface area contributed by atoms with Crippen molar-refractivity contribution >= 4 is 5.91 Å². The summed E-state index contributed by atoms with van der Waals surface area (Å²) in [5.41, 5.74) is -0.640. The summed E-state index contributed by atoms with van der Waals surface area (Å²) in [7, 11) is 0. The highest BCUT2D eigenvalue weighted by Gasteiger charge is 2.47. The van der Waals surface area contributed by atoms with Crippen molar-refractivity contribution in [3.63, 3.8) is 0 Å². The zero-order valence-electron chi connectivity index (χ0n) is 10.0. The number of hydrogen-bond acceptors (Lipinski definition) is 2. The number of amides is 1. The van der Waals surface area contributed by atoms with Gasteiger partial charge in [-0.05, 0) is 38.0 Å². The lowest BCUT2D eigenvalue weighted by atomic mass is 9.68. The summed E-state index contributed by atoms with van der Waals surface area (Å²) in [6, 6.07) is 2.25. The van der Waals surface area contributed by atoms with Crippen molar-refractivity contribution in [1.82, 2.24) is 4.90 Å². The van der Waals surface area contributed by atoms with Crippen LogP contribution < -0.4 is 0 Å². The van der Waals surface area contributed by atoms with Crippen LogP contribution in [0, 0.1) is 22.7 Å². The molecule has 2 fully saturated rings. The first-order chi connectivity index (χ1) is 7.72. The van der Waals surface area contributed by atoms with Crippen molar-refractivity contribution in [2.75, 3.05) is 13.1 Å². The summed E-state index contributed by atoms with van der Waals surface area (Å²) in [5.74, 6) is 0.888. The Balaban J connectivity index is 1.94. The number of nitrogens with zero attached hydrogens (tertiary/aromatic N) is 2. The van der Waals surface area contributed by atoms with E-state index in [0.717, 1.165) is 51.1 Å². The first-order valence-electron chi connectivity index (χ1n) is 6.42. The summed E-state index contributed by atoms with van der Waals surface area (Å²) in [6.07, 6.45) is 6.02. The van der Waals surface area contributed by atoms with Crippen molar-refractivity contribution in [3.8, 4) is 6.07 Å². The third-order valence-electron chi connectivity index (χ3n) is 4.31. The van der Waals surface area contributed by atoms with Gasteiger partial charge in [0, 0.05) is 13.1 Å². The minimum atomic E-state index is -0.640. The Hall–Kier alpha value is -1.04. The summed E-state index contributed by atoms with van der Waals surface area (Å²) >= 11 is 0. The molecule has 0 atom stereocenters. The highest BCUT2D eigenvalue weighted by molar-refractivity contribution is 5.86. The van der Waals surface area contributed by atoms with Crippen LogP contribution in [-0.2, 0) is 4.79 Å². The molecule has 1 saturated heterocycles. The molecule has 2 rings (SSSR count). The Morgan fingerprint density at radius 3 is 2.44 bits per heavy atom. The SMILES string of the molecule is CCC1CCN(C(=O)C2(C#N)CCC2)CC1. The molecule has 1 aliphatic carbocycles. The van der Waals surface area contributed by atoms with Crippen molar-refractivity contribution in [1.29, 1.82) is 5.26 Å². The molecule has 0 spiro atoms. The minimum Gasteiger partial charge on any atom is -0.341 e. The lowest BCUT2D eigenvalue weighted by Gasteiger charge is -2.40. The van der Waals surface area contributed by atoms with Crippen molar-refractivity contribution in [2.24, 2.45) is 11.3 Å².